The van der Waals surface area contributed by atoms with Crippen molar-refractivity contribution in [2.24, 2.45) is 5.92 Å². The van der Waals surface area contributed by atoms with E-state index in [4.69, 9.17) is 0 Å². The van der Waals surface area contributed by atoms with Crippen LogP contribution in [-0.4, -0.2) is 0 Å². The first-order chi connectivity index (χ1) is 11.6. The summed E-state index contributed by atoms with van der Waals surface area (Å²) in [6, 6.07) is 13.3. The van der Waals surface area contributed by atoms with E-state index in [1.54, 1.807) is 0 Å². The van der Waals surface area contributed by atoms with Crippen molar-refractivity contribution in [2.45, 2.75) is 44.9 Å². The molecule has 24 heavy (non-hydrogen) atoms. The average Bonchev–Trinajstić information content (AvgIpc) is 2.65. The second kappa shape index (κ2) is 9.36. The van der Waals surface area contributed by atoms with Crippen molar-refractivity contribution in [3.63, 3.8) is 0 Å². The molecule has 0 amide bonds. The van der Waals surface area contributed by atoms with Gasteiger partial charge in [-0.2, -0.15) is 0 Å². The molecule has 2 aromatic rings. The van der Waals surface area contributed by atoms with E-state index in [9.17, 15) is 8.78 Å². The van der Waals surface area contributed by atoms with Gasteiger partial charge < -0.3 is 0 Å². The maximum Gasteiger partial charge on any atom is 0.123 e. The second-order valence-electron chi connectivity index (χ2n) is 6.43. The van der Waals surface area contributed by atoms with Crippen LogP contribution in [0.3, 0.4) is 0 Å². The molecule has 0 N–H and O–H groups in total. The van der Waals surface area contributed by atoms with Crippen molar-refractivity contribution in [3.8, 4) is 0 Å². The summed E-state index contributed by atoms with van der Waals surface area (Å²) in [4.78, 5) is 0. The number of hydrogen-bond donors (Lipinski definition) is 0. The Morgan fingerprint density at radius 1 is 0.875 bits per heavy atom. The third kappa shape index (κ3) is 5.59. The predicted molar refractivity (Wildman–Crippen MR) is 97.9 cm³/mol. The average molecular weight is 328 g/mol. The van der Waals surface area contributed by atoms with Crippen molar-refractivity contribution < 1.29 is 8.78 Å². The highest BCUT2D eigenvalue weighted by atomic mass is 19.1. The third-order valence-corrected chi connectivity index (χ3v) is 4.87. The molecule has 0 saturated heterocycles. The lowest BCUT2D eigenvalue weighted by atomic mass is 9.78. The lowest BCUT2D eigenvalue weighted by Crippen LogP contribution is -2.12. The standard InChI is InChI=1S/C16H22.C6H4F2/c1-3-13-5-9-15(10-6-13)16-11-7-14(4-2)8-12-16;7-5-1-2-6(8)4-3-5/h3,5-6,9-10,14,16H,1,4,7-8,11-12H2,2H3;1-4H. The zero-order valence-corrected chi connectivity index (χ0v) is 14.3. The van der Waals surface area contributed by atoms with E-state index in [2.05, 4.69) is 37.8 Å². The highest BCUT2D eigenvalue weighted by molar-refractivity contribution is 5.47. The summed E-state index contributed by atoms with van der Waals surface area (Å²) in [5.41, 5.74) is 2.76. The largest absolute Gasteiger partial charge is 0.207 e. The summed E-state index contributed by atoms with van der Waals surface area (Å²) in [5, 5.41) is 0. The molecule has 1 fully saturated rings. The second-order valence-corrected chi connectivity index (χ2v) is 6.43. The van der Waals surface area contributed by atoms with E-state index in [-0.39, 0.29) is 0 Å². The molecule has 3 rings (SSSR count). The number of rotatable bonds is 3. The highest BCUT2D eigenvalue weighted by Crippen LogP contribution is 2.36. The smallest absolute Gasteiger partial charge is 0.123 e. The fourth-order valence-electron chi connectivity index (χ4n) is 3.24. The molecule has 0 spiro atoms. The Balaban J connectivity index is 0.000000219. The SMILES string of the molecule is C=Cc1ccc(C2CCC(CC)CC2)cc1.Fc1ccc(F)cc1. The first-order valence-corrected chi connectivity index (χ1v) is 8.75. The molecule has 0 aromatic heterocycles. The molecule has 1 saturated carbocycles. The summed E-state index contributed by atoms with van der Waals surface area (Å²) in [5.74, 6) is 0.975. The topological polar surface area (TPSA) is 0 Å². The molecule has 0 unspecified atom stereocenters. The molecular weight excluding hydrogens is 302 g/mol. The van der Waals surface area contributed by atoms with Crippen molar-refractivity contribution in [1.82, 2.24) is 0 Å². The molecule has 1 aliphatic rings. The molecule has 0 atom stereocenters. The van der Waals surface area contributed by atoms with Crippen molar-refractivity contribution in [2.75, 3.05) is 0 Å². The quantitative estimate of drug-likeness (QED) is 0.570. The van der Waals surface area contributed by atoms with Crippen LogP contribution in [0.5, 0.6) is 0 Å². The number of halogens is 2. The van der Waals surface area contributed by atoms with Crippen LogP contribution in [0, 0.1) is 17.6 Å². The first kappa shape index (κ1) is 18.4. The van der Waals surface area contributed by atoms with Crippen LogP contribution >= 0.6 is 0 Å². The Bertz CT molecular complexity index is 584. The maximum atomic E-state index is 11.9. The predicted octanol–water partition coefficient (Wildman–Crippen LogP) is 6.98. The van der Waals surface area contributed by atoms with Crippen LogP contribution in [0.25, 0.3) is 6.08 Å². The summed E-state index contributed by atoms with van der Waals surface area (Å²) in [7, 11) is 0. The molecule has 0 aliphatic heterocycles. The molecule has 1 aliphatic carbocycles. The van der Waals surface area contributed by atoms with Crippen LogP contribution in [0.1, 0.15) is 56.1 Å². The first-order valence-electron chi connectivity index (χ1n) is 8.75. The number of benzene rings is 2. The van der Waals surface area contributed by atoms with Crippen molar-refractivity contribution in [3.05, 3.63) is 77.9 Å². The Morgan fingerprint density at radius 2 is 1.38 bits per heavy atom. The minimum Gasteiger partial charge on any atom is -0.207 e. The highest BCUT2D eigenvalue weighted by Gasteiger charge is 2.20. The van der Waals surface area contributed by atoms with E-state index in [0.717, 1.165) is 36.1 Å². The van der Waals surface area contributed by atoms with Gasteiger partial charge >= 0.3 is 0 Å². The molecule has 2 heteroatoms. The Kier molecular flexibility index (Phi) is 7.17. The Hall–Kier alpha value is -1.96. The zero-order chi connectivity index (χ0) is 17.4. The monoisotopic (exact) mass is 328 g/mol. The summed E-state index contributed by atoms with van der Waals surface area (Å²) >= 11 is 0. The summed E-state index contributed by atoms with van der Waals surface area (Å²) in [6.07, 6.45) is 8.88. The molecule has 0 heterocycles. The van der Waals surface area contributed by atoms with Gasteiger partial charge in [-0.1, -0.05) is 50.3 Å². The van der Waals surface area contributed by atoms with E-state index < -0.39 is 11.6 Å². The van der Waals surface area contributed by atoms with Crippen LogP contribution in [0.15, 0.2) is 55.1 Å². The Morgan fingerprint density at radius 3 is 1.79 bits per heavy atom. The van der Waals surface area contributed by atoms with Crippen LogP contribution in [0.4, 0.5) is 8.78 Å². The van der Waals surface area contributed by atoms with E-state index in [1.165, 1.54) is 43.2 Å². The van der Waals surface area contributed by atoms with Gasteiger partial charge in [-0.3, -0.25) is 0 Å². The van der Waals surface area contributed by atoms with Gasteiger partial charge in [0.25, 0.3) is 0 Å². The Labute approximate surface area is 144 Å². The molecule has 128 valence electrons. The van der Waals surface area contributed by atoms with Gasteiger partial charge in [-0.25, -0.2) is 8.78 Å². The molecular formula is C22H26F2. The van der Waals surface area contributed by atoms with Gasteiger partial charge in [0.2, 0.25) is 0 Å². The van der Waals surface area contributed by atoms with Crippen molar-refractivity contribution in [1.29, 1.82) is 0 Å². The fourth-order valence-corrected chi connectivity index (χ4v) is 3.24. The van der Waals surface area contributed by atoms with Gasteiger partial charge in [-0.05, 0) is 72.9 Å². The maximum absolute atomic E-state index is 11.9. The molecule has 0 bridgehead atoms. The molecule has 0 nitrogen and oxygen atoms in total. The van der Waals surface area contributed by atoms with Gasteiger partial charge in [-0.15, -0.1) is 0 Å². The summed E-state index contributed by atoms with van der Waals surface area (Å²) < 4.78 is 23.8. The number of hydrogen-bond acceptors (Lipinski definition) is 0. The van der Waals surface area contributed by atoms with Gasteiger partial charge in [0.15, 0.2) is 0 Å². The lowest BCUT2D eigenvalue weighted by molar-refractivity contribution is 0.319. The van der Waals surface area contributed by atoms with E-state index in [0.29, 0.717) is 0 Å². The van der Waals surface area contributed by atoms with Gasteiger partial charge in [0.05, 0.1) is 0 Å². The lowest BCUT2D eigenvalue weighted by Gasteiger charge is -2.28. The van der Waals surface area contributed by atoms with Crippen LogP contribution in [0.2, 0.25) is 0 Å². The van der Waals surface area contributed by atoms with E-state index in [1.807, 2.05) is 6.08 Å². The van der Waals surface area contributed by atoms with Crippen molar-refractivity contribution >= 4 is 6.08 Å². The summed E-state index contributed by atoms with van der Waals surface area (Å²) in [6.45, 7) is 6.12. The fraction of sp³-hybridized carbons (Fsp3) is 0.364. The van der Waals surface area contributed by atoms with Crippen LogP contribution < -0.4 is 0 Å². The molecule has 0 radical (unpaired) electrons. The minimum absolute atomic E-state index is 0.411. The zero-order valence-electron chi connectivity index (χ0n) is 14.3. The van der Waals surface area contributed by atoms with Crippen LogP contribution in [-0.2, 0) is 0 Å². The minimum atomic E-state index is -0.411. The van der Waals surface area contributed by atoms with E-state index >= 15 is 0 Å². The molecule has 2 aromatic carbocycles. The van der Waals surface area contributed by atoms with Gasteiger partial charge in [0.1, 0.15) is 11.6 Å². The third-order valence-electron chi connectivity index (χ3n) is 4.87. The normalized spacial score (nSPS) is 20.0. The van der Waals surface area contributed by atoms with Gasteiger partial charge in [0, 0.05) is 0 Å².